The molecular formula is C20H25ClN2O4S. The number of ether oxygens (including phenoxy) is 1. The highest BCUT2D eigenvalue weighted by atomic mass is 35.5. The van der Waals surface area contributed by atoms with Gasteiger partial charge in [0.05, 0.1) is 17.2 Å². The number of amides is 1. The van der Waals surface area contributed by atoms with Crippen molar-refractivity contribution in [1.82, 2.24) is 5.32 Å². The highest BCUT2D eigenvalue weighted by Gasteiger charge is 2.28. The number of anilines is 1. The number of nitrogens with zero attached hydrogens (tertiary/aromatic N) is 1. The number of hydrogen-bond donors (Lipinski definition) is 1. The van der Waals surface area contributed by atoms with Crippen LogP contribution in [0.25, 0.3) is 0 Å². The average Bonchev–Trinajstić information content (AvgIpc) is 2.62. The number of carbonyl (C=O) groups excluding carboxylic acids is 1. The Bertz CT molecular complexity index is 930. The summed E-state index contributed by atoms with van der Waals surface area (Å²) in [6.07, 6.45) is 0. The molecule has 0 bridgehead atoms. The second-order valence-electron chi connectivity index (χ2n) is 6.68. The SMILES string of the molecule is COC[C@H](C)NC(=O)CN(c1cc(Cl)ccc1C)S(=O)(=O)c1ccc(C)cc1. The minimum absolute atomic E-state index is 0.107. The van der Waals surface area contributed by atoms with Gasteiger partial charge in [0, 0.05) is 18.2 Å². The first-order valence-electron chi connectivity index (χ1n) is 8.79. The monoisotopic (exact) mass is 424 g/mol. The zero-order valence-corrected chi connectivity index (χ0v) is 18.0. The molecular weight excluding hydrogens is 400 g/mol. The largest absolute Gasteiger partial charge is 0.383 e. The molecule has 0 radical (unpaired) electrons. The van der Waals surface area contributed by atoms with E-state index in [1.807, 2.05) is 6.92 Å². The van der Waals surface area contributed by atoms with E-state index in [-0.39, 0.29) is 17.5 Å². The van der Waals surface area contributed by atoms with Gasteiger partial charge in [0.1, 0.15) is 6.54 Å². The Kier molecular flexibility index (Phi) is 7.46. The molecule has 1 atom stereocenters. The lowest BCUT2D eigenvalue weighted by atomic mass is 10.2. The first kappa shape index (κ1) is 22.2. The highest BCUT2D eigenvalue weighted by Crippen LogP contribution is 2.29. The van der Waals surface area contributed by atoms with Gasteiger partial charge in [-0.2, -0.15) is 0 Å². The molecule has 0 saturated heterocycles. The minimum atomic E-state index is -3.97. The smallest absolute Gasteiger partial charge is 0.264 e. The summed E-state index contributed by atoms with van der Waals surface area (Å²) >= 11 is 6.10. The molecule has 28 heavy (non-hydrogen) atoms. The summed E-state index contributed by atoms with van der Waals surface area (Å²) in [5, 5.41) is 3.13. The Morgan fingerprint density at radius 3 is 2.43 bits per heavy atom. The topological polar surface area (TPSA) is 75.7 Å². The average molecular weight is 425 g/mol. The summed E-state index contributed by atoms with van der Waals surface area (Å²) in [5.41, 5.74) is 2.00. The third-order valence-corrected chi connectivity index (χ3v) is 6.17. The molecule has 0 saturated carbocycles. The normalized spacial score (nSPS) is 12.5. The fourth-order valence-corrected chi connectivity index (χ4v) is 4.37. The van der Waals surface area contributed by atoms with Crippen molar-refractivity contribution >= 4 is 33.2 Å². The van der Waals surface area contributed by atoms with Gasteiger partial charge in [0.15, 0.2) is 0 Å². The zero-order valence-electron chi connectivity index (χ0n) is 16.4. The number of aryl methyl sites for hydroxylation is 2. The molecule has 152 valence electrons. The van der Waals surface area contributed by atoms with Crippen LogP contribution in [0, 0.1) is 13.8 Å². The van der Waals surface area contributed by atoms with E-state index in [1.54, 1.807) is 44.2 Å². The summed E-state index contributed by atoms with van der Waals surface area (Å²) in [4.78, 5) is 12.6. The maximum absolute atomic E-state index is 13.3. The Hall–Kier alpha value is -2.09. The van der Waals surface area contributed by atoms with Crippen LogP contribution in [0.4, 0.5) is 5.69 Å². The van der Waals surface area contributed by atoms with Gasteiger partial charge in [-0.05, 0) is 50.6 Å². The first-order valence-corrected chi connectivity index (χ1v) is 10.6. The van der Waals surface area contributed by atoms with E-state index in [9.17, 15) is 13.2 Å². The van der Waals surface area contributed by atoms with Gasteiger partial charge in [-0.1, -0.05) is 35.4 Å². The van der Waals surface area contributed by atoms with Crippen molar-refractivity contribution < 1.29 is 17.9 Å². The van der Waals surface area contributed by atoms with Gasteiger partial charge >= 0.3 is 0 Å². The van der Waals surface area contributed by atoms with Crippen LogP contribution >= 0.6 is 11.6 Å². The molecule has 0 aliphatic heterocycles. The van der Waals surface area contributed by atoms with E-state index in [4.69, 9.17) is 16.3 Å². The standard InChI is InChI=1S/C20H25ClN2O4S/c1-14-5-9-18(10-6-14)28(25,26)23(12-20(24)22-16(3)13-27-4)19-11-17(21)8-7-15(19)2/h5-11,16H,12-13H2,1-4H3,(H,22,24)/t16-/m0/s1. The predicted octanol–water partition coefficient (Wildman–Crippen LogP) is 3.30. The molecule has 0 aromatic heterocycles. The van der Waals surface area contributed by atoms with Gasteiger partial charge < -0.3 is 10.1 Å². The van der Waals surface area contributed by atoms with Crippen molar-refractivity contribution in [2.75, 3.05) is 24.6 Å². The van der Waals surface area contributed by atoms with Gasteiger partial charge in [-0.3, -0.25) is 9.10 Å². The van der Waals surface area contributed by atoms with Crippen LogP contribution in [0.2, 0.25) is 5.02 Å². The van der Waals surface area contributed by atoms with E-state index in [2.05, 4.69) is 5.32 Å². The fraction of sp³-hybridized carbons (Fsp3) is 0.350. The van der Waals surface area contributed by atoms with Gasteiger partial charge in [0.25, 0.3) is 10.0 Å². The minimum Gasteiger partial charge on any atom is -0.383 e. The first-order chi connectivity index (χ1) is 13.1. The van der Waals surface area contributed by atoms with E-state index in [1.165, 1.54) is 19.2 Å². The van der Waals surface area contributed by atoms with Crippen LogP contribution in [-0.4, -0.2) is 40.6 Å². The number of sulfonamides is 1. The summed E-state index contributed by atoms with van der Waals surface area (Å²) in [5.74, 6) is -0.431. The van der Waals surface area contributed by atoms with Crippen LogP contribution in [0.3, 0.4) is 0 Å². The number of carbonyl (C=O) groups is 1. The van der Waals surface area contributed by atoms with Crippen LogP contribution in [-0.2, 0) is 19.6 Å². The molecule has 0 aliphatic carbocycles. The lowest BCUT2D eigenvalue weighted by molar-refractivity contribution is -0.120. The highest BCUT2D eigenvalue weighted by molar-refractivity contribution is 7.92. The van der Waals surface area contributed by atoms with Crippen LogP contribution in [0.1, 0.15) is 18.1 Å². The van der Waals surface area contributed by atoms with E-state index < -0.39 is 15.9 Å². The maximum Gasteiger partial charge on any atom is 0.264 e. The fourth-order valence-electron chi connectivity index (χ4n) is 2.73. The third kappa shape index (κ3) is 5.47. The van der Waals surface area contributed by atoms with E-state index >= 15 is 0 Å². The molecule has 6 nitrogen and oxygen atoms in total. The van der Waals surface area contributed by atoms with E-state index in [0.717, 1.165) is 9.87 Å². The van der Waals surface area contributed by atoms with Crippen molar-refractivity contribution in [3.63, 3.8) is 0 Å². The number of hydrogen-bond acceptors (Lipinski definition) is 4. The third-order valence-electron chi connectivity index (χ3n) is 4.16. The summed E-state index contributed by atoms with van der Waals surface area (Å²) < 4.78 is 32.8. The van der Waals surface area contributed by atoms with Gasteiger partial charge in [-0.25, -0.2) is 8.42 Å². The molecule has 0 unspecified atom stereocenters. The Morgan fingerprint density at radius 2 is 1.82 bits per heavy atom. The Labute approximate surface area is 171 Å². The molecule has 0 spiro atoms. The molecule has 8 heteroatoms. The quantitative estimate of drug-likeness (QED) is 0.705. The van der Waals surface area contributed by atoms with Crippen molar-refractivity contribution in [1.29, 1.82) is 0 Å². The lowest BCUT2D eigenvalue weighted by Crippen LogP contribution is -2.45. The number of methoxy groups -OCH3 is 1. The maximum atomic E-state index is 13.3. The molecule has 0 heterocycles. The number of rotatable bonds is 8. The molecule has 2 rings (SSSR count). The summed E-state index contributed by atoms with van der Waals surface area (Å²) in [6, 6.07) is 11.2. The van der Waals surface area contributed by atoms with E-state index in [0.29, 0.717) is 22.9 Å². The second-order valence-corrected chi connectivity index (χ2v) is 8.98. The molecule has 1 N–H and O–H groups in total. The summed E-state index contributed by atoms with van der Waals surface area (Å²) in [6.45, 7) is 5.39. The molecule has 0 fully saturated rings. The van der Waals surface area contributed by atoms with Gasteiger partial charge in [0.2, 0.25) is 5.91 Å². The van der Waals surface area contributed by atoms with Crippen molar-refractivity contribution in [3.05, 3.63) is 58.6 Å². The number of halogens is 1. The Balaban J connectivity index is 2.45. The number of nitrogens with one attached hydrogen (secondary N) is 1. The zero-order chi connectivity index (χ0) is 20.9. The van der Waals surface area contributed by atoms with Crippen LogP contribution in [0.15, 0.2) is 47.4 Å². The molecule has 2 aromatic rings. The van der Waals surface area contributed by atoms with Crippen molar-refractivity contribution in [3.8, 4) is 0 Å². The number of benzene rings is 2. The molecule has 0 aliphatic rings. The summed E-state index contributed by atoms with van der Waals surface area (Å²) in [7, 11) is -2.44. The predicted molar refractivity (Wildman–Crippen MR) is 111 cm³/mol. The molecule has 2 aromatic carbocycles. The van der Waals surface area contributed by atoms with Gasteiger partial charge in [-0.15, -0.1) is 0 Å². The Morgan fingerprint density at radius 1 is 1.18 bits per heavy atom. The molecule has 1 amide bonds. The van der Waals surface area contributed by atoms with Crippen molar-refractivity contribution in [2.45, 2.75) is 31.7 Å². The lowest BCUT2D eigenvalue weighted by Gasteiger charge is -2.26. The van der Waals surface area contributed by atoms with Crippen molar-refractivity contribution in [2.24, 2.45) is 0 Å². The van der Waals surface area contributed by atoms with Crippen LogP contribution < -0.4 is 9.62 Å². The van der Waals surface area contributed by atoms with Crippen LogP contribution in [0.5, 0.6) is 0 Å². The second kappa shape index (κ2) is 9.41.